The molecule has 2 nitrogen and oxygen atoms in total. The quantitative estimate of drug-likeness (QED) is 0.668. The highest BCUT2D eigenvalue weighted by Crippen LogP contribution is 2.26. The molecule has 3 rings (SSSR count). The van der Waals surface area contributed by atoms with Gasteiger partial charge in [-0.3, -0.25) is 0 Å². The fourth-order valence-corrected chi connectivity index (χ4v) is 2.94. The molecule has 0 fully saturated rings. The highest BCUT2D eigenvalue weighted by atomic mass is 14.9. The third-order valence-electron chi connectivity index (χ3n) is 4.20. The number of nitrogens with zero attached hydrogens (tertiary/aromatic N) is 1. The van der Waals surface area contributed by atoms with Gasteiger partial charge in [0.25, 0.3) is 0 Å². The molecule has 0 saturated heterocycles. The maximum absolute atomic E-state index is 4.34. The number of nitrogens with one attached hydrogen (secondary N) is 1. The average molecular weight is 290 g/mol. The molecule has 112 valence electrons. The Balaban J connectivity index is 1.66. The number of H-pyrrole nitrogens is 1. The van der Waals surface area contributed by atoms with E-state index in [2.05, 4.69) is 70.6 Å². The Labute approximate surface area is 132 Å². The first-order valence-electron chi connectivity index (χ1n) is 7.98. The topological polar surface area (TPSA) is 28.7 Å². The molecule has 3 aromatic rings. The summed E-state index contributed by atoms with van der Waals surface area (Å²) in [5.74, 6) is 0.582. The predicted octanol–water partition coefficient (Wildman–Crippen LogP) is 4.76. The van der Waals surface area contributed by atoms with Gasteiger partial charge in [0.15, 0.2) is 0 Å². The zero-order chi connectivity index (χ0) is 15.0. The third-order valence-corrected chi connectivity index (χ3v) is 4.20. The number of rotatable bonds is 7. The Bertz CT molecular complexity index is 645. The summed E-state index contributed by atoms with van der Waals surface area (Å²) in [6.45, 7) is 0. The van der Waals surface area contributed by atoms with Crippen LogP contribution in [0.25, 0.3) is 0 Å². The summed E-state index contributed by atoms with van der Waals surface area (Å²) in [6.07, 6.45) is 8.23. The van der Waals surface area contributed by atoms with Crippen LogP contribution in [0.2, 0.25) is 0 Å². The SMILES string of the molecule is c1ccc(CCC(CCc2c[nH]cn2)c2ccccc2)cc1. The second-order valence-corrected chi connectivity index (χ2v) is 5.73. The molecule has 0 saturated carbocycles. The fourth-order valence-electron chi connectivity index (χ4n) is 2.94. The minimum absolute atomic E-state index is 0.582. The molecule has 1 heterocycles. The molecule has 0 amide bonds. The molecule has 0 aliphatic heterocycles. The normalized spacial score (nSPS) is 12.2. The van der Waals surface area contributed by atoms with Gasteiger partial charge in [-0.1, -0.05) is 60.7 Å². The van der Waals surface area contributed by atoms with E-state index in [0.29, 0.717) is 5.92 Å². The molecular weight excluding hydrogens is 268 g/mol. The summed E-state index contributed by atoms with van der Waals surface area (Å²) in [5.41, 5.74) is 4.01. The molecule has 1 unspecified atom stereocenters. The van der Waals surface area contributed by atoms with Crippen LogP contribution < -0.4 is 0 Å². The van der Waals surface area contributed by atoms with Gasteiger partial charge in [0, 0.05) is 6.20 Å². The van der Waals surface area contributed by atoms with Gasteiger partial charge in [-0.05, 0) is 42.7 Å². The Kier molecular flexibility index (Phi) is 5.04. The number of aromatic nitrogens is 2. The molecular formula is C20H22N2. The summed E-state index contributed by atoms with van der Waals surface area (Å²) in [5, 5.41) is 0. The lowest BCUT2D eigenvalue weighted by Crippen LogP contribution is -2.03. The molecule has 0 aliphatic rings. The summed E-state index contributed by atoms with van der Waals surface area (Å²) in [4.78, 5) is 7.38. The van der Waals surface area contributed by atoms with Gasteiger partial charge in [0.2, 0.25) is 0 Å². The van der Waals surface area contributed by atoms with Crippen LogP contribution in [0.15, 0.2) is 73.2 Å². The predicted molar refractivity (Wildman–Crippen MR) is 90.9 cm³/mol. The van der Waals surface area contributed by atoms with E-state index in [-0.39, 0.29) is 0 Å². The Morgan fingerprint density at radius 2 is 1.50 bits per heavy atom. The van der Waals surface area contributed by atoms with Crippen LogP contribution in [0.3, 0.4) is 0 Å². The van der Waals surface area contributed by atoms with E-state index < -0.39 is 0 Å². The smallest absolute Gasteiger partial charge is 0.0923 e. The third kappa shape index (κ3) is 4.08. The van der Waals surface area contributed by atoms with Crippen molar-refractivity contribution in [3.8, 4) is 0 Å². The monoisotopic (exact) mass is 290 g/mol. The first-order valence-corrected chi connectivity index (χ1v) is 7.98. The molecule has 0 radical (unpaired) electrons. The number of aryl methyl sites for hydroxylation is 2. The Morgan fingerprint density at radius 3 is 2.18 bits per heavy atom. The van der Waals surface area contributed by atoms with Crippen LogP contribution in [0.4, 0.5) is 0 Å². The summed E-state index contributed by atoms with van der Waals surface area (Å²) in [6, 6.07) is 21.6. The number of benzene rings is 2. The summed E-state index contributed by atoms with van der Waals surface area (Å²) < 4.78 is 0. The number of hydrogen-bond donors (Lipinski definition) is 1. The molecule has 0 bridgehead atoms. The highest BCUT2D eigenvalue weighted by Gasteiger charge is 2.12. The lowest BCUT2D eigenvalue weighted by atomic mass is 9.88. The molecule has 0 aliphatic carbocycles. The largest absolute Gasteiger partial charge is 0.351 e. The second kappa shape index (κ2) is 7.60. The lowest BCUT2D eigenvalue weighted by Gasteiger charge is -2.17. The van der Waals surface area contributed by atoms with E-state index in [0.717, 1.165) is 25.0 Å². The van der Waals surface area contributed by atoms with Crippen LogP contribution in [0.1, 0.15) is 35.6 Å². The molecule has 1 atom stereocenters. The van der Waals surface area contributed by atoms with Crippen molar-refractivity contribution in [1.29, 1.82) is 0 Å². The van der Waals surface area contributed by atoms with Gasteiger partial charge < -0.3 is 4.98 Å². The van der Waals surface area contributed by atoms with Crippen molar-refractivity contribution in [2.75, 3.05) is 0 Å². The van der Waals surface area contributed by atoms with Crippen molar-refractivity contribution < 1.29 is 0 Å². The minimum atomic E-state index is 0.582. The lowest BCUT2D eigenvalue weighted by molar-refractivity contribution is 0.573. The van der Waals surface area contributed by atoms with E-state index in [4.69, 9.17) is 0 Å². The Morgan fingerprint density at radius 1 is 0.818 bits per heavy atom. The van der Waals surface area contributed by atoms with Crippen molar-refractivity contribution in [2.24, 2.45) is 0 Å². The zero-order valence-electron chi connectivity index (χ0n) is 12.8. The van der Waals surface area contributed by atoms with E-state index in [1.165, 1.54) is 17.5 Å². The fraction of sp³-hybridized carbons (Fsp3) is 0.250. The van der Waals surface area contributed by atoms with Crippen LogP contribution in [-0.4, -0.2) is 9.97 Å². The maximum Gasteiger partial charge on any atom is 0.0923 e. The standard InChI is InChI=1S/C20H22N2/c1-3-7-17(8-4-1)11-12-19(18-9-5-2-6-10-18)13-14-20-15-21-16-22-20/h1-10,15-16,19H,11-14H2,(H,21,22). The summed E-state index contributed by atoms with van der Waals surface area (Å²) in [7, 11) is 0. The molecule has 1 aromatic heterocycles. The molecule has 2 heteroatoms. The van der Waals surface area contributed by atoms with E-state index in [1.807, 2.05) is 6.20 Å². The van der Waals surface area contributed by atoms with Gasteiger partial charge in [0.05, 0.1) is 12.0 Å². The van der Waals surface area contributed by atoms with Gasteiger partial charge >= 0.3 is 0 Å². The van der Waals surface area contributed by atoms with E-state index in [9.17, 15) is 0 Å². The van der Waals surface area contributed by atoms with Gasteiger partial charge in [-0.15, -0.1) is 0 Å². The zero-order valence-corrected chi connectivity index (χ0v) is 12.8. The minimum Gasteiger partial charge on any atom is -0.351 e. The van der Waals surface area contributed by atoms with Crippen LogP contribution in [0, 0.1) is 0 Å². The molecule has 1 N–H and O–H groups in total. The average Bonchev–Trinajstić information content (AvgIpc) is 3.10. The van der Waals surface area contributed by atoms with Crippen LogP contribution >= 0.6 is 0 Å². The van der Waals surface area contributed by atoms with E-state index >= 15 is 0 Å². The Hall–Kier alpha value is -2.35. The second-order valence-electron chi connectivity index (χ2n) is 5.73. The van der Waals surface area contributed by atoms with Gasteiger partial charge in [-0.25, -0.2) is 4.98 Å². The van der Waals surface area contributed by atoms with Crippen LogP contribution in [0.5, 0.6) is 0 Å². The van der Waals surface area contributed by atoms with Gasteiger partial charge in [-0.2, -0.15) is 0 Å². The van der Waals surface area contributed by atoms with Crippen molar-refractivity contribution in [2.45, 2.75) is 31.6 Å². The van der Waals surface area contributed by atoms with Crippen LogP contribution in [-0.2, 0) is 12.8 Å². The summed E-state index contributed by atoms with van der Waals surface area (Å²) >= 11 is 0. The van der Waals surface area contributed by atoms with Crippen molar-refractivity contribution in [3.05, 3.63) is 90.0 Å². The number of aromatic amines is 1. The molecule has 2 aromatic carbocycles. The molecule has 0 spiro atoms. The van der Waals surface area contributed by atoms with Crippen molar-refractivity contribution in [1.82, 2.24) is 9.97 Å². The van der Waals surface area contributed by atoms with Gasteiger partial charge in [0.1, 0.15) is 0 Å². The number of hydrogen-bond acceptors (Lipinski definition) is 1. The molecule has 22 heavy (non-hydrogen) atoms. The van der Waals surface area contributed by atoms with E-state index in [1.54, 1.807) is 6.33 Å². The first-order chi connectivity index (χ1) is 10.9. The van der Waals surface area contributed by atoms with Crippen molar-refractivity contribution >= 4 is 0 Å². The maximum atomic E-state index is 4.34. The van der Waals surface area contributed by atoms with Crippen molar-refractivity contribution in [3.63, 3.8) is 0 Å². The highest BCUT2D eigenvalue weighted by molar-refractivity contribution is 5.21. The number of imidazole rings is 1. The first kappa shape index (κ1) is 14.6.